The predicted octanol–water partition coefficient (Wildman–Crippen LogP) is 4.46. The minimum absolute atomic E-state index is 0.413. The molecule has 2 aliphatic rings. The van der Waals surface area contributed by atoms with E-state index >= 15 is 0 Å². The maximum Gasteiger partial charge on any atom is 0.0530 e. The lowest BCUT2D eigenvalue weighted by atomic mass is 9.76. The lowest BCUT2D eigenvalue weighted by Gasteiger charge is -2.36. The Labute approximate surface area is 112 Å². The van der Waals surface area contributed by atoms with Crippen LogP contribution in [-0.2, 0) is 4.74 Å². The van der Waals surface area contributed by atoms with E-state index in [1.54, 1.807) is 0 Å². The summed E-state index contributed by atoms with van der Waals surface area (Å²) >= 11 is 4.57. The van der Waals surface area contributed by atoms with Gasteiger partial charge in [0.25, 0.3) is 0 Å². The molecule has 1 nitrogen and oxygen atoms in total. The summed E-state index contributed by atoms with van der Waals surface area (Å²) in [6, 6.07) is 0. The predicted molar refractivity (Wildman–Crippen MR) is 76.8 cm³/mol. The molecule has 0 spiro atoms. The van der Waals surface area contributed by atoms with E-state index in [9.17, 15) is 0 Å². The first-order valence-electron chi connectivity index (χ1n) is 7.53. The number of hydrogen-bond acceptors (Lipinski definition) is 2. The van der Waals surface area contributed by atoms with Crippen molar-refractivity contribution in [2.45, 2.75) is 64.2 Å². The summed E-state index contributed by atoms with van der Waals surface area (Å²) < 4.78 is 6.06. The highest BCUT2D eigenvalue weighted by Gasteiger charge is 2.31. The summed E-state index contributed by atoms with van der Waals surface area (Å²) in [5, 5.41) is 0. The molecule has 0 heterocycles. The quantitative estimate of drug-likeness (QED) is 0.714. The topological polar surface area (TPSA) is 9.23 Å². The first-order valence-corrected chi connectivity index (χ1v) is 8.16. The van der Waals surface area contributed by atoms with Crippen LogP contribution in [0.15, 0.2) is 0 Å². The van der Waals surface area contributed by atoms with Gasteiger partial charge in [-0.05, 0) is 37.4 Å². The fraction of sp³-hybridized carbons (Fsp3) is 1.00. The molecule has 2 saturated carbocycles. The van der Waals surface area contributed by atoms with Gasteiger partial charge in [-0.3, -0.25) is 0 Å². The van der Waals surface area contributed by atoms with Crippen molar-refractivity contribution in [3.05, 3.63) is 0 Å². The van der Waals surface area contributed by atoms with Crippen LogP contribution in [0, 0.1) is 11.3 Å². The Morgan fingerprint density at radius 1 is 0.941 bits per heavy atom. The fourth-order valence-corrected chi connectivity index (χ4v) is 3.85. The Bertz CT molecular complexity index is 205. The van der Waals surface area contributed by atoms with Crippen molar-refractivity contribution in [2.24, 2.45) is 11.3 Å². The van der Waals surface area contributed by atoms with Crippen molar-refractivity contribution >= 4 is 12.6 Å². The zero-order valence-electron chi connectivity index (χ0n) is 11.1. The molecule has 2 aliphatic carbocycles. The van der Waals surface area contributed by atoms with E-state index in [4.69, 9.17) is 4.74 Å². The van der Waals surface area contributed by atoms with E-state index in [0.29, 0.717) is 5.41 Å². The highest BCUT2D eigenvalue weighted by molar-refractivity contribution is 7.80. The van der Waals surface area contributed by atoms with Gasteiger partial charge in [-0.1, -0.05) is 38.5 Å². The van der Waals surface area contributed by atoms with E-state index in [-0.39, 0.29) is 0 Å². The molecule has 0 radical (unpaired) electrons. The van der Waals surface area contributed by atoms with E-state index in [1.807, 2.05) is 0 Å². The highest BCUT2D eigenvalue weighted by atomic mass is 32.1. The van der Waals surface area contributed by atoms with Crippen LogP contribution in [0.3, 0.4) is 0 Å². The summed E-state index contributed by atoms with van der Waals surface area (Å²) in [4.78, 5) is 0. The lowest BCUT2D eigenvalue weighted by molar-refractivity contribution is 0.0113. The zero-order valence-corrected chi connectivity index (χ0v) is 12.0. The van der Waals surface area contributed by atoms with E-state index < -0.39 is 0 Å². The van der Waals surface area contributed by atoms with Crippen molar-refractivity contribution in [3.63, 3.8) is 0 Å². The van der Waals surface area contributed by atoms with Crippen molar-refractivity contribution in [1.29, 1.82) is 0 Å². The van der Waals surface area contributed by atoms with E-state index in [1.165, 1.54) is 64.2 Å². The van der Waals surface area contributed by atoms with Crippen molar-refractivity contribution in [1.82, 2.24) is 0 Å². The van der Waals surface area contributed by atoms with Crippen molar-refractivity contribution < 1.29 is 4.74 Å². The zero-order chi connectivity index (χ0) is 12.0. The van der Waals surface area contributed by atoms with Gasteiger partial charge in [-0.2, -0.15) is 12.6 Å². The minimum Gasteiger partial charge on any atom is -0.381 e. The Kier molecular flexibility index (Phi) is 5.68. The van der Waals surface area contributed by atoms with Crippen LogP contribution in [0.4, 0.5) is 0 Å². The number of thiol groups is 1. The summed E-state index contributed by atoms with van der Waals surface area (Å²) in [6.45, 7) is 1.97. The van der Waals surface area contributed by atoms with E-state index in [0.717, 1.165) is 24.9 Å². The van der Waals surface area contributed by atoms with Gasteiger partial charge in [0.2, 0.25) is 0 Å². The van der Waals surface area contributed by atoms with Crippen LogP contribution in [0.2, 0.25) is 0 Å². The third-order valence-electron chi connectivity index (χ3n) is 4.74. The number of hydrogen-bond donors (Lipinski definition) is 1. The molecule has 0 aromatic rings. The van der Waals surface area contributed by atoms with Gasteiger partial charge in [-0.15, -0.1) is 0 Å². The maximum absolute atomic E-state index is 6.06. The second kappa shape index (κ2) is 7.04. The summed E-state index contributed by atoms with van der Waals surface area (Å²) in [6.07, 6.45) is 13.9. The molecule has 100 valence electrons. The van der Waals surface area contributed by atoms with Crippen molar-refractivity contribution in [3.8, 4) is 0 Å². The molecule has 0 aromatic carbocycles. The molecule has 0 atom stereocenters. The molecule has 17 heavy (non-hydrogen) atoms. The molecule has 0 saturated heterocycles. The Hall–Kier alpha value is 0.310. The van der Waals surface area contributed by atoms with Crippen LogP contribution >= 0.6 is 12.6 Å². The van der Waals surface area contributed by atoms with Crippen LogP contribution < -0.4 is 0 Å². The van der Waals surface area contributed by atoms with E-state index in [2.05, 4.69) is 12.6 Å². The Morgan fingerprint density at radius 2 is 1.59 bits per heavy atom. The van der Waals surface area contributed by atoms with Crippen LogP contribution in [0.5, 0.6) is 0 Å². The number of rotatable bonds is 5. The molecule has 2 heteroatoms. The van der Waals surface area contributed by atoms with Gasteiger partial charge < -0.3 is 4.74 Å². The van der Waals surface area contributed by atoms with Gasteiger partial charge in [0.05, 0.1) is 6.61 Å². The maximum atomic E-state index is 6.06. The molecule has 0 aliphatic heterocycles. The molecular weight excluding hydrogens is 228 g/mol. The monoisotopic (exact) mass is 256 g/mol. The fourth-order valence-electron chi connectivity index (χ4n) is 3.45. The average Bonchev–Trinajstić information content (AvgIpc) is 2.41. The Balaban J connectivity index is 1.68. The lowest BCUT2D eigenvalue weighted by Crippen LogP contribution is -2.32. The van der Waals surface area contributed by atoms with Gasteiger partial charge in [-0.25, -0.2) is 0 Å². The first-order chi connectivity index (χ1) is 8.35. The largest absolute Gasteiger partial charge is 0.381 e. The molecule has 0 unspecified atom stereocenters. The highest BCUT2D eigenvalue weighted by Crippen LogP contribution is 2.37. The summed E-state index contributed by atoms with van der Waals surface area (Å²) in [5.41, 5.74) is 0.413. The second-order valence-corrected chi connectivity index (χ2v) is 6.55. The van der Waals surface area contributed by atoms with Gasteiger partial charge in [0.1, 0.15) is 0 Å². The smallest absolute Gasteiger partial charge is 0.0530 e. The summed E-state index contributed by atoms with van der Waals surface area (Å²) in [5.74, 6) is 1.86. The second-order valence-electron chi connectivity index (χ2n) is 6.24. The van der Waals surface area contributed by atoms with Crippen molar-refractivity contribution in [2.75, 3.05) is 19.0 Å². The molecule has 0 N–H and O–H groups in total. The van der Waals surface area contributed by atoms with Crippen LogP contribution in [0.1, 0.15) is 64.2 Å². The van der Waals surface area contributed by atoms with Crippen LogP contribution in [0.25, 0.3) is 0 Å². The molecular formula is C15H28OS. The molecule has 2 rings (SSSR count). The molecule has 2 fully saturated rings. The molecule has 0 amide bonds. The SMILES string of the molecule is SCC1(COCC2CCCCC2)CCCCC1. The van der Waals surface area contributed by atoms with Gasteiger partial charge in [0.15, 0.2) is 0 Å². The van der Waals surface area contributed by atoms with Crippen LogP contribution in [-0.4, -0.2) is 19.0 Å². The summed E-state index contributed by atoms with van der Waals surface area (Å²) in [7, 11) is 0. The van der Waals surface area contributed by atoms with Gasteiger partial charge >= 0.3 is 0 Å². The third kappa shape index (κ3) is 4.17. The standard InChI is InChI=1S/C15H28OS/c17-13-15(9-5-2-6-10-15)12-16-11-14-7-3-1-4-8-14/h14,17H,1-13H2. The normalized spacial score (nSPS) is 25.9. The molecule has 0 aromatic heterocycles. The van der Waals surface area contributed by atoms with Gasteiger partial charge in [0, 0.05) is 12.0 Å². The minimum atomic E-state index is 0.413. The Morgan fingerprint density at radius 3 is 2.24 bits per heavy atom. The third-order valence-corrected chi connectivity index (χ3v) is 5.41. The average molecular weight is 256 g/mol. The number of ether oxygens (including phenoxy) is 1. The first kappa shape index (κ1) is 13.7. The molecule has 0 bridgehead atoms.